The van der Waals surface area contributed by atoms with E-state index in [1.54, 1.807) is 7.05 Å². The van der Waals surface area contributed by atoms with Crippen molar-refractivity contribution in [1.29, 1.82) is 0 Å². The lowest BCUT2D eigenvalue weighted by Crippen LogP contribution is -2.57. The number of likely N-dealkylation sites (tertiary alicyclic amines) is 1. The largest absolute Gasteiger partial charge is 0.381 e. The molecule has 182 valence electrons. The molecule has 0 radical (unpaired) electrons. The van der Waals surface area contributed by atoms with E-state index < -0.39 is 5.91 Å². The second-order valence-corrected chi connectivity index (χ2v) is 8.83. The maximum Gasteiger partial charge on any atom is 0.280 e. The summed E-state index contributed by atoms with van der Waals surface area (Å²) >= 11 is 5.94. The Hall–Kier alpha value is -4.00. The third-order valence-corrected chi connectivity index (χ3v) is 6.44. The number of guanidine groups is 1. The number of amides is 2. The second kappa shape index (κ2) is 8.98. The summed E-state index contributed by atoms with van der Waals surface area (Å²) in [5.74, 6) is 0.0358. The SMILES string of the molecule is CNc1nc(N)c(Cl)nc1C(=O)NC1=NCC2(CCN(C(=O)Cn3nc4ccccc4n3)CC2)N1. The molecule has 0 aliphatic carbocycles. The molecule has 5 N–H and O–H groups in total. The van der Waals surface area contributed by atoms with Gasteiger partial charge in [-0.15, -0.1) is 0 Å². The Morgan fingerprint density at radius 2 is 1.86 bits per heavy atom. The molecule has 13 nitrogen and oxygen atoms in total. The van der Waals surface area contributed by atoms with Crippen LogP contribution in [0.5, 0.6) is 0 Å². The fraction of sp³-hybridized carbons (Fsp3) is 0.381. The number of nitrogens with two attached hydrogens (primary N) is 1. The van der Waals surface area contributed by atoms with Gasteiger partial charge >= 0.3 is 0 Å². The average Bonchev–Trinajstić information content (AvgIpc) is 3.44. The van der Waals surface area contributed by atoms with Gasteiger partial charge in [0.25, 0.3) is 5.91 Å². The Bertz CT molecular complexity index is 1300. The topological polar surface area (TPSA) is 168 Å². The highest BCUT2D eigenvalue weighted by molar-refractivity contribution is 6.31. The van der Waals surface area contributed by atoms with Crippen molar-refractivity contribution in [2.45, 2.75) is 24.9 Å². The van der Waals surface area contributed by atoms with E-state index in [-0.39, 0.29) is 40.5 Å². The van der Waals surface area contributed by atoms with Gasteiger partial charge in [-0.2, -0.15) is 15.0 Å². The summed E-state index contributed by atoms with van der Waals surface area (Å²) in [4.78, 5) is 41.3. The number of benzene rings is 1. The predicted octanol–water partition coefficient (Wildman–Crippen LogP) is 0.249. The molecule has 0 unspecified atom stereocenters. The van der Waals surface area contributed by atoms with Crippen molar-refractivity contribution in [3.05, 3.63) is 35.1 Å². The Balaban J connectivity index is 1.16. The van der Waals surface area contributed by atoms with Crippen LogP contribution in [0.1, 0.15) is 23.3 Å². The van der Waals surface area contributed by atoms with Crippen LogP contribution in [0.3, 0.4) is 0 Å². The molecule has 2 aromatic heterocycles. The van der Waals surface area contributed by atoms with E-state index in [1.165, 1.54) is 4.80 Å². The molecule has 35 heavy (non-hydrogen) atoms. The minimum Gasteiger partial charge on any atom is -0.381 e. The lowest BCUT2D eigenvalue weighted by molar-refractivity contribution is -0.133. The van der Waals surface area contributed by atoms with Gasteiger partial charge in [-0.1, -0.05) is 23.7 Å². The molecule has 5 rings (SSSR count). The van der Waals surface area contributed by atoms with Gasteiger partial charge in [0.15, 0.2) is 28.4 Å². The normalized spacial score (nSPS) is 16.7. The van der Waals surface area contributed by atoms with Crippen molar-refractivity contribution in [2.75, 3.05) is 37.7 Å². The van der Waals surface area contributed by atoms with Crippen molar-refractivity contribution in [1.82, 2.24) is 40.5 Å². The second-order valence-electron chi connectivity index (χ2n) is 8.47. The third kappa shape index (κ3) is 4.54. The van der Waals surface area contributed by atoms with E-state index in [0.717, 1.165) is 11.0 Å². The fourth-order valence-corrected chi connectivity index (χ4v) is 4.35. The van der Waals surface area contributed by atoms with E-state index in [1.807, 2.05) is 29.2 Å². The number of aromatic nitrogens is 5. The zero-order valence-corrected chi connectivity index (χ0v) is 19.7. The number of nitrogens with one attached hydrogen (secondary N) is 3. The van der Waals surface area contributed by atoms with Crippen LogP contribution < -0.4 is 21.7 Å². The minimum atomic E-state index is -0.515. The first-order valence-corrected chi connectivity index (χ1v) is 11.5. The van der Waals surface area contributed by atoms with Gasteiger partial charge in [-0.25, -0.2) is 9.97 Å². The Morgan fingerprint density at radius 3 is 2.51 bits per heavy atom. The van der Waals surface area contributed by atoms with Crippen LogP contribution in [0.2, 0.25) is 5.15 Å². The highest BCUT2D eigenvalue weighted by Gasteiger charge is 2.40. The standard InChI is InChI=1S/C21H24ClN11O2/c1-24-18-15(26-16(22)17(23)27-18)19(35)28-20-25-11-21(29-20)6-8-32(9-7-21)14(34)10-33-30-12-4-2-3-5-13(12)31-33/h2-5H,6-11H2,1H3,(H3,23,24,27)(H2,25,28,29,35). The maximum absolute atomic E-state index is 12.8. The van der Waals surface area contributed by atoms with Crippen molar-refractivity contribution >= 4 is 52.0 Å². The number of halogens is 1. The fourth-order valence-electron chi connectivity index (χ4n) is 4.22. The number of carbonyl (C=O) groups excluding carboxylic acids is 2. The lowest BCUT2D eigenvalue weighted by Gasteiger charge is -2.39. The zero-order valence-electron chi connectivity index (χ0n) is 19.0. The molecule has 0 bridgehead atoms. The van der Waals surface area contributed by atoms with Gasteiger partial charge in [0.2, 0.25) is 5.91 Å². The monoisotopic (exact) mass is 497 g/mol. The molecular weight excluding hydrogens is 474 g/mol. The summed E-state index contributed by atoms with van der Waals surface area (Å²) in [6.07, 6.45) is 1.37. The number of hydrogen-bond donors (Lipinski definition) is 4. The third-order valence-electron chi connectivity index (χ3n) is 6.16. The molecule has 2 aliphatic rings. The number of anilines is 2. The molecule has 3 aromatic rings. The van der Waals surface area contributed by atoms with E-state index in [9.17, 15) is 9.59 Å². The van der Waals surface area contributed by atoms with Gasteiger partial charge < -0.3 is 21.3 Å². The van der Waals surface area contributed by atoms with Crippen LogP contribution >= 0.6 is 11.6 Å². The smallest absolute Gasteiger partial charge is 0.280 e. The van der Waals surface area contributed by atoms with Crippen LogP contribution in [0, 0.1) is 0 Å². The molecule has 1 spiro atoms. The van der Waals surface area contributed by atoms with E-state index in [4.69, 9.17) is 17.3 Å². The molecule has 0 saturated carbocycles. The maximum atomic E-state index is 12.8. The van der Waals surface area contributed by atoms with Crippen molar-refractivity contribution in [2.24, 2.45) is 4.99 Å². The first-order valence-electron chi connectivity index (χ1n) is 11.1. The Morgan fingerprint density at radius 1 is 1.17 bits per heavy atom. The van der Waals surface area contributed by atoms with Gasteiger partial charge in [-0.05, 0) is 25.0 Å². The summed E-state index contributed by atoms with van der Waals surface area (Å²) in [6, 6.07) is 7.51. The van der Waals surface area contributed by atoms with E-state index in [2.05, 4.69) is 41.1 Å². The summed E-state index contributed by atoms with van der Waals surface area (Å²) in [5.41, 5.74) is 6.87. The molecule has 1 saturated heterocycles. The zero-order chi connectivity index (χ0) is 24.6. The van der Waals surface area contributed by atoms with E-state index >= 15 is 0 Å². The van der Waals surface area contributed by atoms with Crippen molar-refractivity contribution in [3.63, 3.8) is 0 Å². The van der Waals surface area contributed by atoms with Crippen LogP contribution in [0.15, 0.2) is 29.3 Å². The number of nitrogens with zero attached hydrogens (tertiary/aromatic N) is 7. The average molecular weight is 498 g/mol. The number of rotatable bonds is 4. The number of piperidine rings is 1. The molecule has 0 atom stereocenters. The van der Waals surface area contributed by atoms with Crippen LogP contribution in [-0.2, 0) is 11.3 Å². The molecular formula is C21H24ClN11O2. The van der Waals surface area contributed by atoms with Crippen LogP contribution in [0.4, 0.5) is 11.6 Å². The van der Waals surface area contributed by atoms with Gasteiger partial charge in [0, 0.05) is 20.1 Å². The van der Waals surface area contributed by atoms with Crippen LogP contribution in [-0.4, -0.2) is 79.9 Å². The molecule has 14 heteroatoms. The highest BCUT2D eigenvalue weighted by atomic mass is 35.5. The number of aliphatic imine (C=N–C) groups is 1. The molecule has 2 aliphatic heterocycles. The summed E-state index contributed by atoms with van der Waals surface area (Å²) in [5, 5.41) is 17.5. The summed E-state index contributed by atoms with van der Waals surface area (Å²) < 4.78 is 0. The molecule has 1 fully saturated rings. The van der Waals surface area contributed by atoms with E-state index in [0.29, 0.717) is 38.4 Å². The van der Waals surface area contributed by atoms with Crippen LogP contribution in [0.25, 0.3) is 11.0 Å². The number of nitrogen functional groups attached to an aromatic ring is 1. The lowest BCUT2D eigenvalue weighted by atomic mass is 9.88. The molecule has 4 heterocycles. The Labute approximate surface area is 205 Å². The quantitative estimate of drug-likeness (QED) is 0.394. The first kappa shape index (κ1) is 22.8. The minimum absolute atomic E-state index is 0.0115. The van der Waals surface area contributed by atoms with Crippen molar-refractivity contribution < 1.29 is 9.59 Å². The first-order chi connectivity index (χ1) is 16.9. The Kier molecular flexibility index (Phi) is 5.84. The number of hydrogen-bond acceptors (Lipinski definition) is 10. The molecule has 1 aromatic carbocycles. The van der Waals surface area contributed by atoms with Gasteiger partial charge in [-0.3, -0.25) is 19.9 Å². The van der Waals surface area contributed by atoms with Gasteiger partial charge in [0.1, 0.15) is 17.6 Å². The summed E-state index contributed by atoms with van der Waals surface area (Å²) in [7, 11) is 1.61. The number of carbonyl (C=O) groups is 2. The van der Waals surface area contributed by atoms with Gasteiger partial charge in [0.05, 0.1) is 12.1 Å². The predicted molar refractivity (Wildman–Crippen MR) is 130 cm³/mol. The number of fused-ring (bicyclic) bond motifs is 1. The van der Waals surface area contributed by atoms with Crippen molar-refractivity contribution in [3.8, 4) is 0 Å². The molecule has 2 amide bonds. The summed E-state index contributed by atoms with van der Waals surface area (Å²) in [6.45, 7) is 1.70. The highest BCUT2D eigenvalue weighted by Crippen LogP contribution is 2.26.